The average Bonchev–Trinajstić information content (AvgIpc) is 3.35. The van der Waals surface area contributed by atoms with Crippen LogP contribution in [0, 0.1) is 5.92 Å². The number of carbonyl (C=O) groups excluding carboxylic acids is 1. The van der Waals surface area contributed by atoms with Crippen molar-refractivity contribution in [2.75, 3.05) is 0 Å². The van der Waals surface area contributed by atoms with Gasteiger partial charge in [-0.2, -0.15) is 0 Å². The van der Waals surface area contributed by atoms with Gasteiger partial charge in [-0.05, 0) is 37.2 Å². The summed E-state index contributed by atoms with van der Waals surface area (Å²) in [6.45, 7) is 2.59. The lowest BCUT2D eigenvalue weighted by Gasteiger charge is -2.38. The van der Waals surface area contributed by atoms with Gasteiger partial charge in [-0.15, -0.1) is 0 Å². The van der Waals surface area contributed by atoms with Gasteiger partial charge in [0.25, 0.3) is 0 Å². The smallest absolute Gasteiger partial charge is 0.407 e. The van der Waals surface area contributed by atoms with Crippen LogP contribution in [0.4, 0.5) is 4.79 Å². The van der Waals surface area contributed by atoms with E-state index in [1.165, 1.54) is 25.7 Å². The predicted molar refractivity (Wildman–Crippen MR) is 91.1 cm³/mol. The Kier molecular flexibility index (Phi) is 5.55. The molecular weight excluding hydrogens is 288 g/mol. The van der Waals surface area contributed by atoms with Crippen LogP contribution in [0.25, 0.3) is 0 Å². The maximum Gasteiger partial charge on any atom is 0.407 e. The Morgan fingerprint density at radius 3 is 2.61 bits per heavy atom. The minimum atomic E-state index is -0.303. The summed E-state index contributed by atoms with van der Waals surface area (Å²) in [5.74, 6) is 0.967. The molecule has 1 atom stereocenters. The maximum absolute atomic E-state index is 11.8. The molecule has 0 saturated heterocycles. The third kappa shape index (κ3) is 5.24. The summed E-state index contributed by atoms with van der Waals surface area (Å²) in [7, 11) is 0. The van der Waals surface area contributed by atoms with Crippen LogP contribution in [0.5, 0.6) is 0 Å². The number of alkyl carbamates (subject to hydrolysis) is 1. The van der Waals surface area contributed by atoms with Gasteiger partial charge in [0.15, 0.2) is 0 Å². The van der Waals surface area contributed by atoms with Gasteiger partial charge >= 0.3 is 6.09 Å². The van der Waals surface area contributed by atoms with Crippen LogP contribution in [-0.2, 0) is 11.3 Å². The number of carbonyl (C=O) groups is 1. The van der Waals surface area contributed by atoms with Gasteiger partial charge in [-0.1, -0.05) is 50.1 Å². The van der Waals surface area contributed by atoms with Crippen molar-refractivity contribution in [1.82, 2.24) is 10.6 Å². The largest absolute Gasteiger partial charge is 0.445 e. The van der Waals surface area contributed by atoms with Gasteiger partial charge in [0.05, 0.1) is 0 Å². The molecule has 0 radical (unpaired) electrons. The van der Waals surface area contributed by atoms with E-state index in [1.54, 1.807) is 0 Å². The summed E-state index contributed by atoms with van der Waals surface area (Å²) in [4.78, 5) is 11.8. The van der Waals surface area contributed by atoms with E-state index in [0.29, 0.717) is 18.7 Å². The van der Waals surface area contributed by atoms with Crippen LogP contribution in [0.1, 0.15) is 51.0 Å². The van der Waals surface area contributed by atoms with Crippen molar-refractivity contribution in [3.63, 3.8) is 0 Å². The van der Waals surface area contributed by atoms with Crippen LogP contribution in [-0.4, -0.2) is 24.2 Å². The van der Waals surface area contributed by atoms with Gasteiger partial charge in [0.2, 0.25) is 0 Å². The van der Waals surface area contributed by atoms with Crippen molar-refractivity contribution in [3.8, 4) is 0 Å². The van der Waals surface area contributed by atoms with Gasteiger partial charge in [0.1, 0.15) is 6.61 Å². The second-order valence-electron chi connectivity index (χ2n) is 7.02. The summed E-state index contributed by atoms with van der Waals surface area (Å²) in [6, 6.07) is 11.2. The van der Waals surface area contributed by atoms with Crippen LogP contribution in [0.2, 0.25) is 0 Å². The molecule has 23 heavy (non-hydrogen) atoms. The van der Waals surface area contributed by atoms with Crippen LogP contribution >= 0.6 is 0 Å². The number of nitrogens with one attached hydrogen (secondary N) is 2. The molecule has 1 amide bonds. The van der Waals surface area contributed by atoms with E-state index in [1.807, 2.05) is 30.3 Å². The molecule has 0 aliphatic heterocycles. The molecule has 0 bridgehead atoms. The fraction of sp³-hybridized carbons (Fsp3) is 0.632. The number of amides is 1. The molecule has 2 saturated carbocycles. The number of ether oxygens (including phenoxy) is 1. The summed E-state index contributed by atoms with van der Waals surface area (Å²) in [6.07, 6.45) is 7.08. The first-order valence-corrected chi connectivity index (χ1v) is 8.96. The molecule has 2 N–H and O–H groups in total. The first-order valence-electron chi connectivity index (χ1n) is 8.96. The molecule has 2 aliphatic carbocycles. The van der Waals surface area contributed by atoms with Crippen LogP contribution in [0.3, 0.4) is 0 Å². The second kappa shape index (κ2) is 7.82. The zero-order valence-electron chi connectivity index (χ0n) is 14.0. The monoisotopic (exact) mass is 316 g/mol. The maximum atomic E-state index is 11.8. The standard InChI is InChI=1S/C19H28N2O2/c1-2-16(10-14-8-9-14)20-17-11-18(12-17)21-19(22)23-13-15-6-4-3-5-7-15/h3-7,14,16-18,20H,2,8-13H2,1H3,(H,21,22). The molecule has 2 aliphatic rings. The molecule has 0 aromatic heterocycles. The fourth-order valence-corrected chi connectivity index (χ4v) is 3.25. The lowest BCUT2D eigenvalue weighted by atomic mass is 9.86. The quantitative estimate of drug-likeness (QED) is 0.770. The Bertz CT molecular complexity index is 495. The fourth-order valence-electron chi connectivity index (χ4n) is 3.25. The zero-order valence-corrected chi connectivity index (χ0v) is 14.0. The summed E-state index contributed by atoms with van der Waals surface area (Å²) in [5.41, 5.74) is 1.02. The van der Waals surface area contributed by atoms with Gasteiger partial charge in [-0.3, -0.25) is 0 Å². The third-order valence-electron chi connectivity index (χ3n) is 4.95. The second-order valence-corrected chi connectivity index (χ2v) is 7.02. The van der Waals surface area contributed by atoms with E-state index >= 15 is 0 Å². The third-order valence-corrected chi connectivity index (χ3v) is 4.95. The lowest BCUT2D eigenvalue weighted by Crippen LogP contribution is -2.54. The highest BCUT2D eigenvalue weighted by Crippen LogP contribution is 2.34. The van der Waals surface area contributed by atoms with Crippen molar-refractivity contribution < 1.29 is 9.53 Å². The first kappa shape index (κ1) is 16.3. The highest BCUT2D eigenvalue weighted by atomic mass is 16.5. The van der Waals surface area contributed by atoms with Gasteiger partial charge in [0, 0.05) is 18.1 Å². The van der Waals surface area contributed by atoms with Crippen molar-refractivity contribution in [1.29, 1.82) is 0 Å². The number of hydrogen-bond donors (Lipinski definition) is 2. The normalized spacial score (nSPS) is 24.6. The Labute approximate surface area is 139 Å². The molecule has 1 aromatic rings. The van der Waals surface area contributed by atoms with Crippen molar-refractivity contribution in [2.45, 2.75) is 70.2 Å². The molecule has 1 aromatic carbocycles. The number of rotatable bonds is 8. The highest BCUT2D eigenvalue weighted by Gasteiger charge is 2.33. The number of benzene rings is 1. The molecule has 126 valence electrons. The Morgan fingerprint density at radius 1 is 1.22 bits per heavy atom. The molecule has 0 heterocycles. The Morgan fingerprint density at radius 2 is 1.96 bits per heavy atom. The van der Waals surface area contributed by atoms with E-state index in [9.17, 15) is 4.79 Å². The number of hydrogen-bond acceptors (Lipinski definition) is 3. The minimum absolute atomic E-state index is 0.259. The average molecular weight is 316 g/mol. The molecule has 3 rings (SSSR count). The van der Waals surface area contributed by atoms with Crippen molar-refractivity contribution in [2.24, 2.45) is 5.92 Å². The summed E-state index contributed by atoms with van der Waals surface area (Å²) < 4.78 is 5.26. The van der Waals surface area contributed by atoms with Crippen molar-refractivity contribution >= 4 is 6.09 Å². The SMILES string of the molecule is CCC(CC1CC1)NC1CC(NC(=O)OCc2ccccc2)C1. The van der Waals surface area contributed by atoms with E-state index in [0.717, 1.165) is 24.3 Å². The van der Waals surface area contributed by atoms with Gasteiger partial charge in [-0.25, -0.2) is 4.79 Å². The zero-order chi connectivity index (χ0) is 16.1. The lowest BCUT2D eigenvalue weighted by molar-refractivity contribution is 0.124. The van der Waals surface area contributed by atoms with Crippen molar-refractivity contribution in [3.05, 3.63) is 35.9 Å². The first-order chi connectivity index (χ1) is 11.2. The molecule has 0 spiro atoms. The topological polar surface area (TPSA) is 50.4 Å². The molecule has 4 nitrogen and oxygen atoms in total. The Balaban J connectivity index is 1.29. The van der Waals surface area contributed by atoms with E-state index in [4.69, 9.17) is 4.74 Å². The predicted octanol–water partition coefficient (Wildman–Crippen LogP) is 3.61. The Hall–Kier alpha value is -1.55. The van der Waals surface area contributed by atoms with E-state index in [2.05, 4.69) is 17.6 Å². The molecule has 1 unspecified atom stereocenters. The summed E-state index contributed by atoms with van der Waals surface area (Å²) in [5, 5.41) is 6.70. The van der Waals surface area contributed by atoms with E-state index in [-0.39, 0.29) is 12.1 Å². The molecule has 2 fully saturated rings. The molecule has 4 heteroatoms. The molecular formula is C19H28N2O2. The van der Waals surface area contributed by atoms with Crippen LogP contribution in [0.15, 0.2) is 30.3 Å². The highest BCUT2D eigenvalue weighted by molar-refractivity contribution is 5.67. The summed E-state index contributed by atoms with van der Waals surface area (Å²) >= 11 is 0. The van der Waals surface area contributed by atoms with Gasteiger partial charge < -0.3 is 15.4 Å². The van der Waals surface area contributed by atoms with Crippen LogP contribution < -0.4 is 10.6 Å². The van der Waals surface area contributed by atoms with E-state index < -0.39 is 0 Å². The minimum Gasteiger partial charge on any atom is -0.445 e.